The van der Waals surface area contributed by atoms with Crippen LogP contribution in [0.3, 0.4) is 0 Å². The molecule has 1 heterocycles. The van der Waals surface area contributed by atoms with Crippen molar-refractivity contribution in [2.24, 2.45) is 5.73 Å². The minimum absolute atomic E-state index is 0.146. The van der Waals surface area contributed by atoms with E-state index in [2.05, 4.69) is 4.98 Å². The molecule has 3 aromatic rings. The summed E-state index contributed by atoms with van der Waals surface area (Å²) in [6.45, 7) is 2.00. The molecule has 0 saturated heterocycles. The van der Waals surface area contributed by atoms with Crippen LogP contribution in [0, 0.1) is 12.7 Å². The van der Waals surface area contributed by atoms with Gasteiger partial charge >= 0.3 is 0 Å². The zero-order valence-corrected chi connectivity index (χ0v) is 14.4. The first kappa shape index (κ1) is 17.5. The van der Waals surface area contributed by atoms with E-state index < -0.39 is 18.0 Å². The van der Waals surface area contributed by atoms with Crippen LogP contribution in [0.1, 0.15) is 22.7 Å². The van der Waals surface area contributed by atoms with Gasteiger partial charge in [0.05, 0.1) is 17.3 Å². The Bertz CT molecular complexity index is 878. The number of aliphatic hydroxyl groups excluding tert-OH is 1. The maximum Gasteiger partial charge on any atom is 0.128 e. The summed E-state index contributed by atoms with van der Waals surface area (Å²) in [5.74, 6) is -1.39. The van der Waals surface area contributed by atoms with E-state index in [1.165, 1.54) is 12.1 Å². The number of aromatic nitrogens is 1. The van der Waals surface area contributed by atoms with E-state index in [-0.39, 0.29) is 10.6 Å². The molecule has 3 rings (SSSR count). The minimum Gasteiger partial charge on any atom is -0.378 e. The van der Waals surface area contributed by atoms with Gasteiger partial charge in [-0.25, -0.2) is 4.39 Å². The SMILES string of the molecule is Cc1cccc(-c2cccc(C(c3c(F)cccc3Cl)C(N)O)n2)c1. The summed E-state index contributed by atoms with van der Waals surface area (Å²) < 4.78 is 14.3. The lowest BCUT2D eigenvalue weighted by atomic mass is 9.92. The molecule has 0 fully saturated rings. The summed E-state index contributed by atoms with van der Waals surface area (Å²) >= 11 is 6.16. The standard InChI is InChI=1S/C20H18ClFN2O/c1-12-5-2-6-13(11-12)16-9-4-10-17(24-16)19(20(23)25)18-14(21)7-3-8-15(18)22/h2-11,19-20,25H,23H2,1H3. The highest BCUT2D eigenvalue weighted by Gasteiger charge is 2.27. The van der Waals surface area contributed by atoms with Crippen LogP contribution in [0.2, 0.25) is 5.02 Å². The molecule has 0 saturated carbocycles. The van der Waals surface area contributed by atoms with Gasteiger partial charge in [-0.15, -0.1) is 0 Å². The van der Waals surface area contributed by atoms with E-state index in [1.54, 1.807) is 12.1 Å². The van der Waals surface area contributed by atoms with Crippen LogP contribution < -0.4 is 5.73 Å². The van der Waals surface area contributed by atoms with Gasteiger partial charge in [-0.05, 0) is 37.3 Å². The fraction of sp³-hybridized carbons (Fsp3) is 0.150. The van der Waals surface area contributed by atoms with Gasteiger partial charge in [0.1, 0.15) is 12.0 Å². The number of rotatable bonds is 4. The van der Waals surface area contributed by atoms with Crippen LogP contribution in [-0.4, -0.2) is 16.3 Å². The third-order valence-corrected chi connectivity index (χ3v) is 4.38. The van der Waals surface area contributed by atoms with Gasteiger partial charge in [-0.1, -0.05) is 47.5 Å². The molecule has 2 aromatic carbocycles. The van der Waals surface area contributed by atoms with Crippen LogP contribution in [0.4, 0.5) is 4.39 Å². The quantitative estimate of drug-likeness (QED) is 0.687. The van der Waals surface area contributed by atoms with E-state index in [9.17, 15) is 9.50 Å². The van der Waals surface area contributed by atoms with Crippen molar-refractivity contribution in [2.75, 3.05) is 0 Å². The molecule has 0 aliphatic rings. The largest absolute Gasteiger partial charge is 0.378 e. The fourth-order valence-electron chi connectivity index (χ4n) is 2.89. The Morgan fingerprint density at radius 2 is 1.80 bits per heavy atom. The molecule has 5 heteroatoms. The van der Waals surface area contributed by atoms with Gasteiger partial charge in [-0.3, -0.25) is 4.98 Å². The second kappa shape index (κ2) is 7.31. The van der Waals surface area contributed by atoms with Gasteiger partial charge in [0.25, 0.3) is 0 Å². The highest BCUT2D eigenvalue weighted by Crippen LogP contribution is 2.33. The maximum absolute atomic E-state index is 14.3. The van der Waals surface area contributed by atoms with Crippen molar-refractivity contribution in [3.05, 3.63) is 88.3 Å². The van der Waals surface area contributed by atoms with Crippen molar-refractivity contribution in [3.63, 3.8) is 0 Å². The summed E-state index contributed by atoms with van der Waals surface area (Å²) in [6.07, 6.45) is -1.34. The lowest BCUT2D eigenvalue weighted by Gasteiger charge is -2.22. The number of hydrogen-bond donors (Lipinski definition) is 2. The van der Waals surface area contributed by atoms with E-state index in [0.29, 0.717) is 5.69 Å². The Balaban J connectivity index is 2.11. The summed E-state index contributed by atoms with van der Waals surface area (Å²) in [4.78, 5) is 4.60. The van der Waals surface area contributed by atoms with Crippen molar-refractivity contribution in [1.82, 2.24) is 4.98 Å². The summed E-state index contributed by atoms with van der Waals surface area (Å²) in [5, 5.41) is 10.3. The number of pyridine rings is 1. The van der Waals surface area contributed by atoms with Gasteiger partial charge in [0.15, 0.2) is 0 Å². The molecular formula is C20H18ClFN2O. The summed E-state index contributed by atoms with van der Waals surface area (Å²) in [5.41, 5.74) is 9.11. The monoisotopic (exact) mass is 356 g/mol. The normalized spacial score (nSPS) is 13.5. The average Bonchev–Trinajstić information content (AvgIpc) is 2.58. The summed E-state index contributed by atoms with van der Waals surface area (Å²) in [6, 6.07) is 17.7. The zero-order valence-electron chi connectivity index (χ0n) is 13.7. The van der Waals surface area contributed by atoms with Crippen molar-refractivity contribution in [2.45, 2.75) is 19.1 Å². The lowest BCUT2D eigenvalue weighted by molar-refractivity contribution is 0.161. The molecule has 0 radical (unpaired) electrons. The average molecular weight is 357 g/mol. The molecule has 1 aromatic heterocycles. The molecule has 0 aliphatic carbocycles. The molecular weight excluding hydrogens is 339 g/mol. The number of hydrogen-bond acceptors (Lipinski definition) is 3. The lowest BCUT2D eigenvalue weighted by Crippen LogP contribution is -2.30. The van der Waals surface area contributed by atoms with E-state index in [1.807, 2.05) is 43.3 Å². The Hall–Kier alpha value is -2.27. The third-order valence-electron chi connectivity index (χ3n) is 4.06. The second-order valence-corrected chi connectivity index (χ2v) is 6.33. The molecule has 2 unspecified atom stereocenters. The molecule has 0 aliphatic heterocycles. The zero-order chi connectivity index (χ0) is 18.0. The Kier molecular flexibility index (Phi) is 5.13. The van der Waals surface area contributed by atoms with Crippen LogP contribution in [0.5, 0.6) is 0 Å². The van der Waals surface area contributed by atoms with Crippen molar-refractivity contribution in [3.8, 4) is 11.3 Å². The van der Waals surface area contributed by atoms with Crippen LogP contribution in [0.15, 0.2) is 60.7 Å². The number of nitrogens with zero attached hydrogens (tertiary/aromatic N) is 1. The molecule has 0 bridgehead atoms. The highest BCUT2D eigenvalue weighted by molar-refractivity contribution is 6.31. The van der Waals surface area contributed by atoms with Gasteiger partial charge in [0, 0.05) is 16.1 Å². The van der Waals surface area contributed by atoms with Crippen LogP contribution in [0.25, 0.3) is 11.3 Å². The van der Waals surface area contributed by atoms with Gasteiger partial charge < -0.3 is 10.8 Å². The number of nitrogens with two attached hydrogens (primary N) is 1. The molecule has 0 amide bonds. The Morgan fingerprint density at radius 3 is 2.48 bits per heavy atom. The Morgan fingerprint density at radius 1 is 1.08 bits per heavy atom. The molecule has 2 atom stereocenters. The number of benzene rings is 2. The van der Waals surface area contributed by atoms with Gasteiger partial charge in [-0.2, -0.15) is 0 Å². The maximum atomic E-state index is 14.3. The molecule has 3 N–H and O–H groups in total. The predicted octanol–water partition coefficient (Wildman–Crippen LogP) is 4.26. The molecule has 0 spiro atoms. The smallest absolute Gasteiger partial charge is 0.128 e. The van der Waals surface area contributed by atoms with E-state index in [4.69, 9.17) is 17.3 Å². The van der Waals surface area contributed by atoms with Gasteiger partial charge in [0.2, 0.25) is 0 Å². The Labute approximate surface area is 150 Å². The second-order valence-electron chi connectivity index (χ2n) is 5.92. The molecule has 25 heavy (non-hydrogen) atoms. The van der Waals surface area contributed by atoms with Crippen LogP contribution >= 0.6 is 11.6 Å². The first-order chi connectivity index (χ1) is 12.0. The minimum atomic E-state index is -1.34. The van der Waals surface area contributed by atoms with Crippen molar-refractivity contribution in [1.29, 1.82) is 0 Å². The fourth-order valence-corrected chi connectivity index (χ4v) is 3.17. The predicted molar refractivity (Wildman–Crippen MR) is 97.9 cm³/mol. The third kappa shape index (κ3) is 3.71. The molecule has 3 nitrogen and oxygen atoms in total. The van der Waals surface area contributed by atoms with Crippen molar-refractivity contribution >= 4 is 11.6 Å². The van der Waals surface area contributed by atoms with E-state index >= 15 is 0 Å². The van der Waals surface area contributed by atoms with Crippen molar-refractivity contribution < 1.29 is 9.50 Å². The molecule has 128 valence electrons. The number of halogens is 2. The first-order valence-corrected chi connectivity index (χ1v) is 8.26. The number of aryl methyl sites for hydroxylation is 1. The topological polar surface area (TPSA) is 59.1 Å². The summed E-state index contributed by atoms with van der Waals surface area (Å²) in [7, 11) is 0. The first-order valence-electron chi connectivity index (χ1n) is 7.89. The highest BCUT2D eigenvalue weighted by atomic mass is 35.5. The van der Waals surface area contributed by atoms with E-state index in [0.717, 1.165) is 16.8 Å². The van der Waals surface area contributed by atoms with Crippen LogP contribution in [-0.2, 0) is 0 Å². The number of aliphatic hydroxyl groups is 1.